The van der Waals surface area contributed by atoms with E-state index in [4.69, 9.17) is 0 Å². The van der Waals surface area contributed by atoms with Gasteiger partial charge in [-0.2, -0.15) is 8.42 Å². The van der Waals surface area contributed by atoms with Crippen molar-refractivity contribution in [3.05, 3.63) is 65.2 Å². The number of sulfonamides is 1. The van der Waals surface area contributed by atoms with E-state index in [1.807, 2.05) is 11.0 Å². The quantitative estimate of drug-likeness (QED) is 0.711. The molecule has 3 aliphatic rings. The Bertz CT molecular complexity index is 1210. The summed E-state index contributed by atoms with van der Waals surface area (Å²) in [5, 5.41) is 3.12. The zero-order chi connectivity index (χ0) is 23.7. The molecule has 0 bridgehead atoms. The Hall–Kier alpha value is -2.71. The Labute approximate surface area is 201 Å². The lowest BCUT2D eigenvalue weighted by atomic mass is 9.99. The van der Waals surface area contributed by atoms with Gasteiger partial charge in [-0.3, -0.25) is 9.69 Å². The Morgan fingerprint density at radius 3 is 2.59 bits per heavy atom. The lowest BCUT2D eigenvalue weighted by Crippen LogP contribution is -2.45. The Morgan fingerprint density at radius 1 is 1.03 bits per heavy atom. The molecule has 0 radical (unpaired) electrons. The number of carbonyl (C=O) groups is 1. The van der Waals surface area contributed by atoms with Crippen LogP contribution in [0, 0.1) is 5.92 Å². The average Bonchev–Trinajstić information content (AvgIpc) is 3.41. The molecule has 0 aromatic heterocycles. The molecule has 5 rings (SSSR count). The van der Waals surface area contributed by atoms with Gasteiger partial charge in [0.2, 0.25) is 5.91 Å². The summed E-state index contributed by atoms with van der Waals surface area (Å²) < 4.78 is 29.1. The molecule has 2 aromatic rings. The van der Waals surface area contributed by atoms with Gasteiger partial charge < -0.3 is 10.2 Å². The van der Waals surface area contributed by atoms with Crippen LogP contribution in [0.25, 0.3) is 0 Å². The Balaban J connectivity index is 1.28. The van der Waals surface area contributed by atoms with Gasteiger partial charge in [-0.25, -0.2) is 0 Å². The summed E-state index contributed by atoms with van der Waals surface area (Å²) in [7, 11) is -3.71. The molecular formula is C26H32N4O3S. The highest BCUT2D eigenvalue weighted by Gasteiger charge is 2.39. The van der Waals surface area contributed by atoms with Gasteiger partial charge in [0.15, 0.2) is 5.84 Å². The largest absolute Gasteiger partial charge is 0.350 e. The van der Waals surface area contributed by atoms with Crippen LogP contribution in [0.3, 0.4) is 0 Å². The first-order chi connectivity index (χ1) is 16.4. The van der Waals surface area contributed by atoms with Crippen molar-refractivity contribution in [2.45, 2.75) is 56.6 Å². The van der Waals surface area contributed by atoms with Crippen LogP contribution in [0.4, 0.5) is 0 Å². The van der Waals surface area contributed by atoms with E-state index in [2.05, 4.69) is 39.7 Å². The number of fused-ring (bicyclic) bond motifs is 1. The molecule has 3 heterocycles. The van der Waals surface area contributed by atoms with Gasteiger partial charge in [-0.1, -0.05) is 43.3 Å². The number of rotatable bonds is 5. The maximum Gasteiger partial charge on any atom is 0.285 e. The number of piperidine rings is 1. The van der Waals surface area contributed by atoms with Crippen LogP contribution in [0.15, 0.2) is 57.8 Å². The van der Waals surface area contributed by atoms with E-state index in [1.54, 1.807) is 24.3 Å². The Morgan fingerprint density at radius 2 is 1.76 bits per heavy atom. The molecule has 2 aromatic carbocycles. The second-order valence-electron chi connectivity index (χ2n) is 9.71. The minimum absolute atomic E-state index is 0.0802. The molecule has 8 heteroatoms. The first-order valence-corrected chi connectivity index (χ1v) is 13.6. The zero-order valence-corrected chi connectivity index (χ0v) is 20.4. The molecule has 1 unspecified atom stereocenters. The van der Waals surface area contributed by atoms with E-state index >= 15 is 0 Å². The number of amides is 1. The van der Waals surface area contributed by atoms with Crippen LogP contribution in [-0.2, 0) is 27.9 Å². The molecule has 0 saturated carbocycles. The van der Waals surface area contributed by atoms with Crippen LogP contribution < -0.4 is 5.32 Å². The summed E-state index contributed by atoms with van der Waals surface area (Å²) in [5.74, 6) is 1.04. The summed E-state index contributed by atoms with van der Waals surface area (Å²) >= 11 is 0. The van der Waals surface area contributed by atoms with Crippen molar-refractivity contribution in [3.63, 3.8) is 0 Å². The van der Waals surface area contributed by atoms with E-state index in [-0.39, 0.29) is 10.8 Å². The molecule has 3 aliphatic heterocycles. The van der Waals surface area contributed by atoms with Crippen molar-refractivity contribution in [1.82, 2.24) is 15.1 Å². The third-order valence-corrected chi connectivity index (χ3v) is 8.47. The molecule has 0 aliphatic carbocycles. The summed E-state index contributed by atoms with van der Waals surface area (Å²) in [6, 6.07) is 14.7. The second kappa shape index (κ2) is 9.50. The minimum Gasteiger partial charge on any atom is -0.350 e. The normalized spacial score (nSPS) is 24.0. The van der Waals surface area contributed by atoms with Crippen LogP contribution in [0.1, 0.15) is 49.3 Å². The van der Waals surface area contributed by atoms with Gasteiger partial charge >= 0.3 is 0 Å². The number of hydrogen-bond donors (Lipinski definition) is 1. The van der Waals surface area contributed by atoms with Crippen LogP contribution in [-0.4, -0.2) is 55.6 Å². The summed E-state index contributed by atoms with van der Waals surface area (Å²) in [6.45, 7) is 6.52. The van der Waals surface area contributed by atoms with Crippen molar-refractivity contribution < 1.29 is 13.2 Å². The van der Waals surface area contributed by atoms with E-state index in [1.165, 1.54) is 18.4 Å². The number of amidine groups is 1. The molecule has 1 N–H and O–H groups in total. The average molecular weight is 481 g/mol. The van der Waals surface area contributed by atoms with Gasteiger partial charge in [0.1, 0.15) is 10.9 Å². The van der Waals surface area contributed by atoms with E-state index < -0.39 is 16.1 Å². The number of hydrogen-bond acceptors (Lipinski definition) is 5. The highest BCUT2D eigenvalue weighted by Crippen LogP contribution is 2.31. The predicted molar refractivity (Wildman–Crippen MR) is 132 cm³/mol. The molecule has 34 heavy (non-hydrogen) atoms. The fourth-order valence-corrected chi connectivity index (χ4v) is 6.66. The summed E-state index contributed by atoms with van der Waals surface area (Å²) in [5.41, 5.74) is 2.97. The van der Waals surface area contributed by atoms with Crippen molar-refractivity contribution in [1.29, 1.82) is 0 Å². The van der Waals surface area contributed by atoms with Gasteiger partial charge in [-0.05, 0) is 61.4 Å². The molecular weight excluding hydrogens is 448 g/mol. The van der Waals surface area contributed by atoms with E-state index in [9.17, 15) is 13.2 Å². The monoisotopic (exact) mass is 480 g/mol. The third-order valence-electron chi connectivity index (χ3n) is 7.15. The van der Waals surface area contributed by atoms with Gasteiger partial charge in [0.25, 0.3) is 10.0 Å². The number of benzene rings is 2. The zero-order valence-electron chi connectivity index (χ0n) is 19.6. The minimum atomic E-state index is -3.71. The lowest BCUT2D eigenvalue weighted by Gasteiger charge is -2.31. The standard InChI is InChI=1S/C26H32N4O3S/c1-19-8-6-14-29(17-19)18-21-10-3-2-9-20(21)16-27-26(31)23-12-7-15-30(23)25-22-11-4-5-13-24(22)34(32,33)28-25/h2-5,9-11,13,19,23H,6-8,12,14-18H2,1H3,(H,27,31)/t19?,23-/m0/s1. The van der Waals surface area contributed by atoms with E-state index in [0.717, 1.165) is 37.5 Å². The van der Waals surface area contributed by atoms with Crippen LogP contribution in [0.5, 0.6) is 0 Å². The maximum atomic E-state index is 13.2. The van der Waals surface area contributed by atoms with Crippen molar-refractivity contribution in [2.75, 3.05) is 19.6 Å². The van der Waals surface area contributed by atoms with Gasteiger partial charge in [-0.15, -0.1) is 4.40 Å². The third kappa shape index (κ3) is 4.61. The maximum absolute atomic E-state index is 13.2. The fourth-order valence-electron chi connectivity index (χ4n) is 5.44. The van der Waals surface area contributed by atoms with Crippen LogP contribution in [0.2, 0.25) is 0 Å². The SMILES string of the molecule is CC1CCCN(Cc2ccccc2CNC(=O)[C@@H]2CCCN2C2=NS(=O)(=O)c3ccccc32)C1. The van der Waals surface area contributed by atoms with Gasteiger partial charge in [0, 0.05) is 31.7 Å². The van der Waals surface area contributed by atoms with Gasteiger partial charge in [0.05, 0.1) is 0 Å². The first-order valence-electron chi connectivity index (χ1n) is 12.2. The summed E-state index contributed by atoms with van der Waals surface area (Å²) in [4.78, 5) is 17.8. The van der Waals surface area contributed by atoms with E-state index in [0.29, 0.717) is 30.9 Å². The lowest BCUT2D eigenvalue weighted by molar-refractivity contribution is -0.124. The molecule has 1 amide bonds. The highest BCUT2D eigenvalue weighted by molar-refractivity contribution is 7.90. The van der Waals surface area contributed by atoms with Crippen molar-refractivity contribution in [3.8, 4) is 0 Å². The Kier molecular flexibility index (Phi) is 6.44. The number of likely N-dealkylation sites (tertiary alicyclic amines) is 2. The molecule has 180 valence electrons. The number of carbonyl (C=O) groups excluding carboxylic acids is 1. The summed E-state index contributed by atoms with van der Waals surface area (Å²) in [6.07, 6.45) is 4.03. The smallest absolute Gasteiger partial charge is 0.285 e. The predicted octanol–water partition coefficient (Wildman–Crippen LogP) is 3.15. The molecule has 2 saturated heterocycles. The molecule has 2 atom stereocenters. The molecule has 7 nitrogen and oxygen atoms in total. The highest BCUT2D eigenvalue weighted by atomic mass is 32.2. The topological polar surface area (TPSA) is 82.1 Å². The number of nitrogens with zero attached hydrogens (tertiary/aromatic N) is 3. The fraction of sp³-hybridized carbons (Fsp3) is 0.462. The molecule has 2 fully saturated rings. The number of nitrogens with one attached hydrogen (secondary N) is 1. The van der Waals surface area contributed by atoms with Crippen molar-refractivity contribution >= 4 is 21.8 Å². The first kappa shape index (κ1) is 23.1. The van der Waals surface area contributed by atoms with Crippen LogP contribution >= 0.6 is 0 Å². The molecule has 0 spiro atoms. The van der Waals surface area contributed by atoms with Crippen molar-refractivity contribution in [2.24, 2.45) is 10.3 Å². The second-order valence-corrected chi connectivity index (χ2v) is 11.3.